The number of alkyl halides is 1. The van der Waals surface area contributed by atoms with Crippen molar-refractivity contribution in [1.82, 2.24) is 10.6 Å². The van der Waals surface area contributed by atoms with Crippen LogP contribution in [0.4, 0.5) is 13.6 Å². The van der Waals surface area contributed by atoms with E-state index in [-0.39, 0.29) is 12.4 Å². The SMILES string of the molecule is O=C(CCl)NC(=O)NCc1ccc(F)c(F)c1. The summed E-state index contributed by atoms with van der Waals surface area (Å²) in [5, 5.41) is 4.23. The lowest BCUT2D eigenvalue weighted by Gasteiger charge is -2.05. The molecule has 0 fully saturated rings. The van der Waals surface area contributed by atoms with Gasteiger partial charge in [0.25, 0.3) is 0 Å². The zero-order valence-electron chi connectivity index (χ0n) is 8.60. The van der Waals surface area contributed by atoms with Crippen LogP contribution in [0.5, 0.6) is 0 Å². The Hall–Kier alpha value is -1.69. The van der Waals surface area contributed by atoms with E-state index in [9.17, 15) is 18.4 Å². The summed E-state index contributed by atoms with van der Waals surface area (Å²) in [6.07, 6.45) is 0. The summed E-state index contributed by atoms with van der Waals surface area (Å²) in [6.45, 7) is -0.0292. The van der Waals surface area contributed by atoms with Gasteiger partial charge >= 0.3 is 6.03 Å². The van der Waals surface area contributed by atoms with Gasteiger partial charge in [0.05, 0.1) is 0 Å². The average Bonchev–Trinajstić information content (AvgIpc) is 2.30. The summed E-state index contributed by atoms with van der Waals surface area (Å²) < 4.78 is 25.4. The average molecular weight is 263 g/mol. The zero-order valence-corrected chi connectivity index (χ0v) is 9.35. The topological polar surface area (TPSA) is 58.2 Å². The summed E-state index contributed by atoms with van der Waals surface area (Å²) in [6, 6.07) is 2.48. The van der Waals surface area contributed by atoms with E-state index >= 15 is 0 Å². The van der Waals surface area contributed by atoms with Crippen molar-refractivity contribution in [2.24, 2.45) is 0 Å². The van der Waals surface area contributed by atoms with Gasteiger partial charge < -0.3 is 5.32 Å². The first-order chi connectivity index (χ1) is 8.02. The van der Waals surface area contributed by atoms with E-state index in [0.717, 1.165) is 12.1 Å². The summed E-state index contributed by atoms with van der Waals surface area (Å²) in [7, 11) is 0. The van der Waals surface area contributed by atoms with E-state index in [2.05, 4.69) is 5.32 Å². The van der Waals surface area contributed by atoms with Gasteiger partial charge in [-0.15, -0.1) is 11.6 Å². The van der Waals surface area contributed by atoms with Crippen LogP contribution in [0, 0.1) is 11.6 Å². The lowest BCUT2D eigenvalue weighted by atomic mass is 10.2. The highest BCUT2D eigenvalue weighted by Gasteiger charge is 2.07. The standard InChI is InChI=1S/C10H9ClF2N2O2/c11-4-9(16)15-10(17)14-5-6-1-2-7(12)8(13)3-6/h1-3H,4-5H2,(H2,14,15,16,17). The zero-order chi connectivity index (χ0) is 12.8. The van der Waals surface area contributed by atoms with Gasteiger partial charge in [-0.05, 0) is 17.7 Å². The first-order valence-corrected chi connectivity index (χ1v) is 5.14. The molecule has 0 bridgehead atoms. The van der Waals surface area contributed by atoms with Crippen molar-refractivity contribution >= 4 is 23.5 Å². The third kappa shape index (κ3) is 4.36. The number of amides is 3. The lowest BCUT2D eigenvalue weighted by molar-refractivity contribution is -0.117. The molecule has 3 amide bonds. The van der Waals surface area contributed by atoms with Crippen molar-refractivity contribution < 1.29 is 18.4 Å². The number of benzene rings is 1. The molecule has 0 aliphatic heterocycles. The molecule has 17 heavy (non-hydrogen) atoms. The summed E-state index contributed by atoms with van der Waals surface area (Å²) in [4.78, 5) is 21.8. The Balaban J connectivity index is 2.47. The van der Waals surface area contributed by atoms with E-state index in [1.807, 2.05) is 5.32 Å². The van der Waals surface area contributed by atoms with Crippen molar-refractivity contribution in [2.45, 2.75) is 6.54 Å². The van der Waals surface area contributed by atoms with E-state index in [4.69, 9.17) is 11.6 Å². The second kappa shape index (κ2) is 6.15. The number of urea groups is 1. The van der Waals surface area contributed by atoms with Crippen molar-refractivity contribution in [3.63, 3.8) is 0 Å². The molecule has 2 N–H and O–H groups in total. The maximum absolute atomic E-state index is 12.8. The van der Waals surface area contributed by atoms with Crippen LogP contribution in [-0.2, 0) is 11.3 Å². The van der Waals surface area contributed by atoms with Crippen LogP contribution in [0.2, 0.25) is 0 Å². The smallest absolute Gasteiger partial charge is 0.321 e. The largest absolute Gasteiger partial charge is 0.334 e. The minimum Gasteiger partial charge on any atom is -0.334 e. The second-order valence-corrected chi connectivity index (χ2v) is 3.38. The van der Waals surface area contributed by atoms with Gasteiger partial charge in [-0.2, -0.15) is 0 Å². The van der Waals surface area contributed by atoms with E-state index in [1.165, 1.54) is 6.07 Å². The second-order valence-electron chi connectivity index (χ2n) is 3.11. The molecule has 0 atom stereocenters. The Bertz CT molecular complexity index is 440. The predicted octanol–water partition coefficient (Wildman–Crippen LogP) is 1.53. The molecule has 0 unspecified atom stereocenters. The Kier molecular flexibility index (Phi) is 4.84. The van der Waals surface area contributed by atoms with E-state index < -0.39 is 23.6 Å². The van der Waals surface area contributed by atoms with Gasteiger partial charge in [0.1, 0.15) is 5.88 Å². The first-order valence-electron chi connectivity index (χ1n) is 4.60. The summed E-state index contributed by atoms with van der Waals surface area (Å²) in [5.74, 6) is -2.94. The minimum atomic E-state index is -0.999. The number of nitrogens with one attached hydrogen (secondary N) is 2. The van der Waals surface area contributed by atoms with Crippen molar-refractivity contribution in [1.29, 1.82) is 0 Å². The lowest BCUT2D eigenvalue weighted by Crippen LogP contribution is -2.39. The third-order valence-corrected chi connectivity index (χ3v) is 2.05. The highest BCUT2D eigenvalue weighted by atomic mass is 35.5. The molecule has 0 saturated carbocycles. The molecule has 92 valence electrons. The summed E-state index contributed by atoms with van der Waals surface area (Å²) >= 11 is 5.17. The fourth-order valence-corrected chi connectivity index (χ4v) is 1.10. The van der Waals surface area contributed by atoms with Crippen molar-refractivity contribution in [3.8, 4) is 0 Å². The van der Waals surface area contributed by atoms with Crippen LogP contribution in [0.1, 0.15) is 5.56 Å². The Morgan fingerprint density at radius 2 is 1.94 bits per heavy atom. The van der Waals surface area contributed by atoms with E-state index in [1.54, 1.807) is 0 Å². The molecular weight excluding hydrogens is 254 g/mol. The molecule has 0 radical (unpaired) electrons. The molecule has 0 heterocycles. The van der Waals surface area contributed by atoms with Gasteiger partial charge in [-0.1, -0.05) is 6.07 Å². The molecule has 0 aliphatic rings. The molecule has 1 rings (SSSR count). The number of hydrogen-bond donors (Lipinski definition) is 2. The molecule has 0 aromatic heterocycles. The van der Waals surface area contributed by atoms with E-state index in [0.29, 0.717) is 5.56 Å². The number of halogens is 3. The molecular formula is C10H9ClF2N2O2. The highest BCUT2D eigenvalue weighted by Crippen LogP contribution is 2.08. The molecule has 7 heteroatoms. The Morgan fingerprint density at radius 1 is 1.24 bits per heavy atom. The molecule has 1 aromatic carbocycles. The minimum absolute atomic E-state index is 0.0292. The number of imide groups is 1. The van der Waals surface area contributed by atoms with Crippen LogP contribution >= 0.6 is 11.6 Å². The predicted molar refractivity (Wildman–Crippen MR) is 57.5 cm³/mol. The quantitative estimate of drug-likeness (QED) is 0.812. The van der Waals surface area contributed by atoms with Crippen LogP contribution in [0.25, 0.3) is 0 Å². The Labute approximate surface area is 101 Å². The van der Waals surface area contributed by atoms with Crippen molar-refractivity contribution in [3.05, 3.63) is 35.4 Å². The molecule has 0 saturated heterocycles. The third-order valence-electron chi connectivity index (χ3n) is 1.81. The van der Waals surface area contributed by atoms with Crippen LogP contribution in [0.15, 0.2) is 18.2 Å². The first kappa shape index (κ1) is 13.4. The number of hydrogen-bond acceptors (Lipinski definition) is 2. The summed E-state index contributed by atoms with van der Waals surface area (Å²) in [5.41, 5.74) is 0.373. The molecule has 0 aliphatic carbocycles. The van der Waals surface area contributed by atoms with Crippen LogP contribution in [-0.4, -0.2) is 17.8 Å². The monoisotopic (exact) mass is 262 g/mol. The molecule has 0 spiro atoms. The van der Waals surface area contributed by atoms with Gasteiger partial charge in [-0.25, -0.2) is 13.6 Å². The number of carbonyl (C=O) groups excluding carboxylic acids is 2. The van der Waals surface area contributed by atoms with Gasteiger partial charge in [0.15, 0.2) is 11.6 Å². The number of rotatable bonds is 3. The fraction of sp³-hybridized carbons (Fsp3) is 0.200. The Morgan fingerprint density at radius 3 is 2.53 bits per heavy atom. The van der Waals surface area contributed by atoms with Crippen molar-refractivity contribution in [2.75, 3.05) is 5.88 Å². The van der Waals surface area contributed by atoms with Gasteiger partial charge in [0, 0.05) is 6.54 Å². The maximum Gasteiger partial charge on any atom is 0.321 e. The molecule has 4 nitrogen and oxygen atoms in total. The van der Waals surface area contributed by atoms with Gasteiger partial charge in [0.2, 0.25) is 5.91 Å². The van der Waals surface area contributed by atoms with Gasteiger partial charge in [-0.3, -0.25) is 10.1 Å². The maximum atomic E-state index is 12.8. The molecule has 1 aromatic rings. The van der Waals surface area contributed by atoms with Crippen LogP contribution < -0.4 is 10.6 Å². The normalized spacial score (nSPS) is 9.82. The van der Waals surface area contributed by atoms with Crippen LogP contribution in [0.3, 0.4) is 0 Å². The number of carbonyl (C=O) groups is 2. The fourth-order valence-electron chi connectivity index (χ4n) is 1.04. The highest BCUT2D eigenvalue weighted by molar-refractivity contribution is 6.28.